The van der Waals surface area contributed by atoms with E-state index >= 15 is 0 Å². The monoisotopic (exact) mass is 321 g/mol. The molecule has 0 saturated carbocycles. The summed E-state index contributed by atoms with van der Waals surface area (Å²) < 4.78 is 5.50. The molecule has 0 aromatic heterocycles. The molecule has 2 aromatic carbocycles. The largest absolute Gasteiger partial charge is 0.484 e. The van der Waals surface area contributed by atoms with Crippen molar-refractivity contribution in [3.8, 4) is 5.75 Å². The van der Waals surface area contributed by atoms with Crippen LogP contribution in [0.15, 0.2) is 41.3 Å². The average Bonchev–Trinajstić information content (AvgIpc) is 2.45. The smallest absolute Gasteiger partial charge is 0.262 e. The van der Waals surface area contributed by atoms with Gasteiger partial charge in [0.25, 0.3) is 5.91 Å². The second-order valence-corrected chi connectivity index (χ2v) is 5.58. The third-order valence-corrected chi connectivity index (χ3v) is 3.94. The zero-order valence-electron chi connectivity index (χ0n) is 11.8. The van der Waals surface area contributed by atoms with Crippen molar-refractivity contribution in [1.29, 1.82) is 0 Å². The van der Waals surface area contributed by atoms with Gasteiger partial charge in [-0.2, -0.15) is 0 Å². The molecule has 0 aliphatic carbocycles. The maximum atomic E-state index is 11.9. The molecule has 2 aromatic rings. The molecule has 21 heavy (non-hydrogen) atoms. The summed E-state index contributed by atoms with van der Waals surface area (Å²) in [4.78, 5) is 12.6. The Morgan fingerprint density at radius 1 is 1.24 bits per heavy atom. The molecule has 0 spiro atoms. The van der Waals surface area contributed by atoms with Gasteiger partial charge in [0, 0.05) is 9.92 Å². The first-order chi connectivity index (χ1) is 9.97. The molecule has 0 unspecified atom stereocenters. The minimum absolute atomic E-state index is 0.0668. The second-order valence-electron chi connectivity index (χ2n) is 4.73. The molecular weight excluding hydrogens is 306 g/mol. The number of carbonyl (C=O) groups excluding carboxylic acids is 1. The first kappa shape index (κ1) is 15.7. The molecule has 0 heterocycles. The fraction of sp³-hybridized carbons (Fsp3) is 0.188. The Kier molecular flexibility index (Phi) is 5.15. The van der Waals surface area contributed by atoms with Crippen molar-refractivity contribution >= 4 is 35.8 Å². The number of ether oxygens (including phenoxy) is 1. The molecule has 5 heteroatoms. The highest BCUT2D eigenvalue weighted by molar-refractivity contribution is 7.80. The Labute approximate surface area is 134 Å². The number of rotatable bonds is 4. The Balaban J connectivity index is 1.97. The number of hydrogen-bond acceptors (Lipinski definition) is 3. The number of thiol groups is 1. The minimum atomic E-state index is -0.234. The standard InChI is InChI=1S/C16H16ClNO2S/c1-10-7-12(8-11(2)16(10)17)20-9-15(19)18-13-5-3-4-6-14(13)21/h3-8,21H,9H2,1-2H3,(H,18,19). The Hall–Kier alpha value is -1.65. The molecule has 0 saturated heterocycles. The van der Waals surface area contributed by atoms with Crippen molar-refractivity contribution in [3.63, 3.8) is 0 Å². The number of hydrogen-bond donors (Lipinski definition) is 2. The summed E-state index contributed by atoms with van der Waals surface area (Å²) in [6.45, 7) is 3.74. The summed E-state index contributed by atoms with van der Waals surface area (Å²) in [5.41, 5.74) is 2.51. The molecular formula is C16H16ClNO2S. The number of benzene rings is 2. The van der Waals surface area contributed by atoms with Crippen LogP contribution >= 0.6 is 24.2 Å². The number of nitrogens with one attached hydrogen (secondary N) is 1. The van der Waals surface area contributed by atoms with Crippen LogP contribution in [0.2, 0.25) is 5.02 Å². The summed E-state index contributed by atoms with van der Waals surface area (Å²) >= 11 is 10.4. The lowest BCUT2D eigenvalue weighted by atomic mass is 10.1. The number of carbonyl (C=O) groups is 1. The predicted octanol–water partition coefficient (Wildman–Crippen LogP) is 4.26. The van der Waals surface area contributed by atoms with E-state index in [1.165, 1.54) is 0 Å². The van der Waals surface area contributed by atoms with E-state index in [2.05, 4.69) is 17.9 Å². The Morgan fingerprint density at radius 2 is 1.86 bits per heavy atom. The van der Waals surface area contributed by atoms with Gasteiger partial charge in [0.2, 0.25) is 0 Å². The first-order valence-electron chi connectivity index (χ1n) is 6.45. The number of amides is 1. The topological polar surface area (TPSA) is 38.3 Å². The average molecular weight is 322 g/mol. The van der Waals surface area contributed by atoms with Crippen molar-refractivity contribution in [2.24, 2.45) is 0 Å². The molecule has 0 bridgehead atoms. The Bertz CT molecular complexity index is 650. The quantitative estimate of drug-likeness (QED) is 0.826. The second kappa shape index (κ2) is 6.87. The third-order valence-electron chi connectivity index (χ3n) is 2.96. The third kappa shape index (κ3) is 4.16. The summed E-state index contributed by atoms with van der Waals surface area (Å²) in [5, 5.41) is 3.47. The van der Waals surface area contributed by atoms with Crippen LogP contribution in [0.3, 0.4) is 0 Å². The summed E-state index contributed by atoms with van der Waals surface area (Å²) in [7, 11) is 0. The number of para-hydroxylation sites is 1. The molecule has 2 rings (SSSR count). The fourth-order valence-corrected chi connectivity index (χ4v) is 2.23. The molecule has 0 radical (unpaired) electrons. The van der Waals surface area contributed by atoms with E-state index in [9.17, 15) is 4.79 Å². The summed E-state index contributed by atoms with van der Waals surface area (Å²) in [6, 6.07) is 10.9. The highest BCUT2D eigenvalue weighted by Gasteiger charge is 2.08. The van der Waals surface area contributed by atoms with Crippen LogP contribution < -0.4 is 10.1 Å². The Morgan fingerprint density at radius 3 is 2.48 bits per heavy atom. The van der Waals surface area contributed by atoms with Gasteiger partial charge in [0.05, 0.1) is 5.69 Å². The van der Waals surface area contributed by atoms with E-state index in [-0.39, 0.29) is 12.5 Å². The van der Waals surface area contributed by atoms with Crippen molar-refractivity contribution in [3.05, 3.63) is 52.5 Å². The van der Waals surface area contributed by atoms with Crippen molar-refractivity contribution < 1.29 is 9.53 Å². The van der Waals surface area contributed by atoms with E-state index in [0.29, 0.717) is 16.3 Å². The highest BCUT2D eigenvalue weighted by atomic mass is 35.5. The number of aryl methyl sites for hydroxylation is 2. The highest BCUT2D eigenvalue weighted by Crippen LogP contribution is 2.26. The molecule has 0 fully saturated rings. The molecule has 1 N–H and O–H groups in total. The lowest BCUT2D eigenvalue weighted by molar-refractivity contribution is -0.118. The zero-order chi connectivity index (χ0) is 15.4. The lowest BCUT2D eigenvalue weighted by Crippen LogP contribution is -2.20. The SMILES string of the molecule is Cc1cc(OCC(=O)Nc2ccccc2S)cc(C)c1Cl. The van der Waals surface area contributed by atoms with E-state index < -0.39 is 0 Å². The molecule has 1 amide bonds. The van der Waals surface area contributed by atoms with Gasteiger partial charge in [0.15, 0.2) is 6.61 Å². The van der Waals surface area contributed by atoms with Gasteiger partial charge in [0.1, 0.15) is 5.75 Å². The van der Waals surface area contributed by atoms with Gasteiger partial charge in [-0.05, 0) is 49.2 Å². The van der Waals surface area contributed by atoms with Crippen molar-refractivity contribution in [2.45, 2.75) is 18.7 Å². The van der Waals surface area contributed by atoms with Gasteiger partial charge in [-0.3, -0.25) is 4.79 Å². The van der Waals surface area contributed by atoms with Gasteiger partial charge in [-0.1, -0.05) is 23.7 Å². The van der Waals surface area contributed by atoms with Crippen LogP contribution in [0, 0.1) is 13.8 Å². The first-order valence-corrected chi connectivity index (χ1v) is 7.27. The van der Waals surface area contributed by atoms with Crippen LogP contribution in [0.1, 0.15) is 11.1 Å². The van der Waals surface area contributed by atoms with E-state index in [1.54, 1.807) is 6.07 Å². The fourth-order valence-electron chi connectivity index (χ4n) is 1.90. The number of halogens is 1. The molecule has 3 nitrogen and oxygen atoms in total. The summed E-state index contributed by atoms with van der Waals surface area (Å²) in [5.74, 6) is 0.394. The van der Waals surface area contributed by atoms with E-state index in [4.69, 9.17) is 16.3 Å². The summed E-state index contributed by atoms with van der Waals surface area (Å²) in [6.07, 6.45) is 0. The lowest BCUT2D eigenvalue weighted by Gasteiger charge is -2.11. The number of anilines is 1. The van der Waals surface area contributed by atoms with Crippen LogP contribution in [-0.2, 0) is 4.79 Å². The van der Waals surface area contributed by atoms with Gasteiger partial charge >= 0.3 is 0 Å². The van der Waals surface area contributed by atoms with Gasteiger partial charge in [-0.25, -0.2) is 0 Å². The molecule has 0 aliphatic rings. The van der Waals surface area contributed by atoms with E-state index in [0.717, 1.165) is 16.1 Å². The normalized spacial score (nSPS) is 10.3. The molecule has 0 aliphatic heterocycles. The predicted molar refractivity (Wildman–Crippen MR) is 88.7 cm³/mol. The van der Waals surface area contributed by atoms with Crippen LogP contribution in [0.25, 0.3) is 0 Å². The van der Waals surface area contributed by atoms with Gasteiger partial charge < -0.3 is 10.1 Å². The maximum Gasteiger partial charge on any atom is 0.262 e. The van der Waals surface area contributed by atoms with Gasteiger partial charge in [-0.15, -0.1) is 12.6 Å². The van der Waals surface area contributed by atoms with Crippen molar-refractivity contribution in [2.75, 3.05) is 11.9 Å². The minimum Gasteiger partial charge on any atom is -0.484 e. The zero-order valence-corrected chi connectivity index (χ0v) is 13.5. The molecule has 110 valence electrons. The van der Waals surface area contributed by atoms with Crippen molar-refractivity contribution in [1.82, 2.24) is 0 Å². The maximum absolute atomic E-state index is 11.9. The molecule has 0 atom stereocenters. The van der Waals surface area contributed by atoms with E-state index in [1.807, 2.05) is 44.2 Å². The van der Waals surface area contributed by atoms with Crippen LogP contribution in [0.4, 0.5) is 5.69 Å². The van der Waals surface area contributed by atoms with Crippen LogP contribution in [-0.4, -0.2) is 12.5 Å². The van der Waals surface area contributed by atoms with Crippen LogP contribution in [0.5, 0.6) is 5.75 Å².